The third-order valence-corrected chi connectivity index (χ3v) is 3.41. The minimum atomic E-state index is -2.70. The normalized spacial score (nSPS) is 24.9. The molecule has 0 bridgehead atoms. The van der Waals surface area contributed by atoms with Crippen LogP contribution >= 0.6 is 0 Å². The number of amides is 1. The summed E-state index contributed by atoms with van der Waals surface area (Å²) in [5.41, 5.74) is 0.866. The second-order valence-corrected chi connectivity index (χ2v) is 5.51. The molecule has 0 heterocycles. The third kappa shape index (κ3) is 4.47. The lowest BCUT2D eigenvalue weighted by Crippen LogP contribution is -2.44. The molecule has 110 valence electrons. The predicted octanol–water partition coefficient (Wildman–Crippen LogP) is 3.74. The predicted molar refractivity (Wildman–Crippen MR) is 71.5 cm³/mol. The molecule has 0 spiro atoms. The minimum absolute atomic E-state index is 0.0989. The van der Waals surface area contributed by atoms with Gasteiger partial charge in [0.25, 0.3) is 0 Å². The largest absolute Gasteiger partial charge is 0.445 e. The van der Waals surface area contributed by atoms with Crippen LogP contribution in [-0.4, -0.2) is 18.1 Å². The highest BCUT2D eigenvalue weighted by Crippen LogP contribution is 2.36. The van der Waals surface area contributed by atoms with Gasteiger partial charge in [-0.1, -0.05) is 37.3 Å². The maximum atomic E-state index is 13.4. The Morgan fingerprint density at radius 1 is 1.35 bits per heavy atom. The summed E-state index contributed by atoms with van der Waals surface area (Å²) < 4.78 is 31.9. The first-order valence-corrected chi connectivity index (χ1v) is 6.80. The number of alkyl carbamates (subject to hydrolysis) is 1. The van der Waals surface area contributed by atoms with Crippen molar-refractivity contribution in [3.05, 3.63) is 35.9 Å². The number of benzene rings is 1. The Labute approximate surface area is 117 Å². The fraction of sp³-hybridized carbons (Fsp3) is 0.533. The molecule has 3 nitrogen and oxygen atoms in total. The number of carbonyl (C=O) groups excluding carboxylic acids is 1. The number of hydrogen-bond donors (Lipinski definition) is 1. The number of rotatable bonds is 3. The smallest absolute Gasteiger partial charge is 0.407 e. The van der Waals surface area contributed by atoms with Crippen molar-refractivity contribution in [2.75, 3.05) is 0 Å². The van der Waals surface area contributed by atoms with Crippen molar-refractivity contribution in [2.24, 2.45) is 5.92 Å². The van der Waals surface area contributed by atoms with Crippen LogP contribution in [0.15, 0.2) is 30.3 Å². The molecular weight excluding hydrogens is 264 g/mol. The molecule has 0 aromatic heterocycles. The number of ether oxygens (including phenoxy) is 1. The van der Waals surface area contributed by atoms with Gasteiger partial charge in [-0.3, -0.25) is 0 Å². The van der Waals surface area contributed by atoms with Gasteiger partial charge in [-0.15, -0.1) is 0 Å². The minimum Gasteiger partial charge on any atom is -0.445 e. The number of alkyl halides is 2. The molecule has 2 unspecified atom stereocenters. The Bertz CT molecular complexity index is 450. The third-order valence-electron chi connectivity index (χ3n) is 3.41. The van der Waals surface area contributed by atoms with Gasteiger partial charge in [0, 0.05) is 18.9 Å². The molecule has 1 aromatic rings. The highest BCUT2D eigenvalue weighted by Gasteiger charge is 2.40. The van der Waals surface area contributed by atoms with Gasteiger partial charge in [0.15, 0.2) is 0 Å². The Morgan fingerprint density at radius 3 is 2.70 bits per heavy atom. The Balaban J connectivity index is 1.79. The number of halogens is 2. The van der Waals surface area contributed by atoms with Crippen molar-refractivity contribution in [1.29, 1.82) is 0 Å². The summed E-state index contributed by atoms with van der Waals surface area (Å²) in [7, 11) is 0. The Hall–Kier alpha value is -1.65. The first-order valence-electron chi connectivity index (χ1n) is 6.80. The number of carbonyl (C=O) groups is 1. The highest BCUT2D eigenvalue weighted by molar-refractivity contribution is 5.67. The monoisotopic (exact) mass is 283 g/mol. The molecule has 2 atom stereocenters. The van der Waals surface area contributed by atoms with E-state index >= 15 is 0 Å². The van der Waals surface area contributed by atoms with E-state index in [0.717, 1.165) is 5.56 Å². The van der Waals surface area contributed by atoms with Gasteiger partial charge in [-0.05, 0) is 17.9 Å². The van der Waals surface area contributed by atoms with Gasteiger partial charge < -0.3 is 10.1 Å². The van der Waals surface area contributed by atoms with Crippen LogP contribution in [0.4, 0.5) is 13.6 Å². The van der Waals surface area contributed by atoms with Crippen LogP contribution in [-0.2, 0) is 11.3 Å². The zero-order valence-corrected chi connectivity index (χ0v) is 11.4. The summed E-state index contributed by atoms with van der Waals surface area (Å²) in [5, 5.41) is 2.53. The number of hydrogen-bond acceptors (Lipinski definition) is 2. The van der Waals surface area contributed by atoms with Crippen molar-refractivity contribution < 1.29 is 18.3 Å². The standard InChI is InChI=1S/C15H19F2NO2/c1-11-7-13(9-15(16,17)8-11)18-14(19)20-10-12-5-3-2-4-6-12/h2-6,11,13H,7-10H2,1H3,(H,18,19). The van der Waals surface area contributed by atoms with E-state index in [1.165, 1.54) is 0 Å². The lowest BCUT2D eigenvalue weighted by molar-refractivity contribution is -0.0597. The van der Waals surface area contributed by atoms with Crippen molar-refractivity contribution in [1.82, 2.24) is 5.32 Å². The van der Waals surface area contributed by atoms with Gasteiger partial charge in [0.2, 0.25) is 5.92 Å². The molecule has 1 fully saturated rings. The fourth-order valence-corrected chi connectivity index (χ4v) is 2.65. The molecule has 1 saturated carbocycles. The molecule has 0 saturated heterocycles. The molecule has 1 aromatic carbocycles. The lowest BCUT2D eigenvalue weighted by atomic mass is 9.84. The summed E-state index contributed by atoms with van der Waals surface area (Å²) >= 11 is 0. The van der Waals surface area contributed by atoms with E-state index in [2.05, 4.69) is 5.32 Å². The van der Waals surface area contributed by atoms with E-state index in [4.69, 9.17) is 4.74 Å². The lowest BCUT2D eigenvalue weighted by Gasteiger charge is -2.33. The Morgan fingerprint density at radius 2 is 2.05 bits per heavy atom. The molecule has 20 heavy (non-hydrogen) atoms. The SMILES string of the molecule is CC1CC(NC(=O)OCc2ccccc2)CC(F)(F)C1. The fourth-order valence-electron chi connectivity index (χ4n) is 2.65. The molecule has 5 heteroatoms. The van der Waals surface area contributed by atoms with Crippen LogP contribution in [0.1, 0.15) is 31.7 Å². The Kier molecular flexibility index (Phi) is 4.57. The first kappa shape index (κ1) is 14.8. The van der Waals surface area contributed by atoms with Crippen LogP contribution in [0.5, 0.6) is 0 Å². The van der Waals surface area contributed by atoms with Crippen LogP contribution in [0, 0.1) is 5.92 Å². The average Bonchev–Trinajstić information content (AvgIpc) is 2.35. The van der Waals surface area contributed by atoms with Crippen molar-refractivity contribution >= 4 is 6.09 Å². The van der Waals surface area contributed by atoms with Gasteiger partial charge in [-0.2, -0.15) is 0 Å². The number of nitrogens with one attached hydrogen (secondary N) is 1. The second-order valence-electron chi connectivity index (χ2n) is 5.51. The molecule has 1 N–H and O–H groups in total. The topological polar surface area (TPSA) is 38.3 Å². The van der Waals surface area contributed by atoms with E-state index in [9.17, 15) is 13.6 Å². The van der Waals surface area contributed by atoms with E-state index in [-0.39, 0.29) is 25.4 Å². The van der Waals surface area contributed by atoms with E-state index in [1.807, 2.05) is 30.3 Å². The van der Waals surface area contributed by atoms with Gasteiger partial charge in [0.1, 0.15) is 6.61 Å². The van der Waals surface area contributed by atoms with E-state index in [1.54, 1.807) is 6.92 Å². The van der Waals surface area contributed by atoms with E-state index in [0.29, 0.717) is 6.42 Å². The molecule has 2 rings (SSSR count). The highest BCUT2D eigenvalue weighted by atomic mass is 19.3. The van der Waals surface area contributed by atoms with Gasteiger partial charge in [-0.25, -0.2) is 13.6 Å². The van der Waals surface area contributed by atoms with Crippen molar-refractivity contribution in [2.45, 2.75) is 44.8 Å². The van der Waals surface area contributed by atoms with Crippen LogP contribution in [0.3, 0.4) is 0 Å². The molecule has 0 aliphatic heterocycles. The maximum absolute atomic E-state index is 13.4. The van der Waals surface area contributed by atoms with Gasteiger partial charge in [0.05, 0.1) is 0 Å². The molecule has 1 amide bonds. The van der Waals surface area contributed by atoms with Crippen LogP contribution in [0.25, 0.3) is 0 Å². The molecule has 1 aliphatic carbocycles. The van der Waals surface area contributed by atoms with Gasteiger partial charge >= 0.3 is 6.09 Å². The second kappa shape index (κ2) is 6.20. The summed E-state index contributed by atoms with van der Waals surface area (Å²) in [4.78, 5) is 11.6. The van der Waals surface area contributed by atoms with Crippen molar-refractivity contribution in [3.8, 4) is 0 Å². The summed E-state index contributed by atoms with van der Waals surface area (Å²) in [6, 6.07) is 8.72. The molecular formula is C15H19F2NO2. The zero-order valence-electron chi connectivity index (χ0n) is 11.4. The zero-order chi connectivity index (χ0) is 14.6. The molecule has 0 radical (unpaired) electrons. The van der Waals surface area contributed by atoms with Crippen LogP contribution < -0.4 is 5.32 Å². The maximum Gasteiger partial charge on any atom is 0.407 e. The summed E-state index contributed by atoms with van der Waals surface area (Å²) in [6.07, 6.45) is -0.485. The quantitative estimate of drug-likeness (QED) is 0.917. The van der Waals surface area contributed by atoms with Crippen LogP contribution in [0.2, 0.25) is 0 Å². The first-order chi connectivity index (χ1) is 9.44. The molecule has 1 aliphatic rings. The van der Waals surface area contributed by atoms with Crippen molar-refractivity contribution in [3.63, 3.8) is 0 Å². The summed E-state index contributed by atoms with van der Waals surface area (Å²) in [6.45, 7) is 1.92. The van der Waals surface area contributed by atoms with E-state index < -0.39 is 18.1 Å². The summed E-state index contributed by atoms with van der Waals surface area (Å²) in [5.74, 6) is -2.80. The average molecular weight is 283 g/mol.